The number of anilines is 1. The number of hydrogen-bond donors (Lipinski definition) is 1. The number of ether oxygens (including phenoxy) is 2. The van der Waals surface area contributed by atoms with Gasteiger partial charge in [0.2, 0.25) is 0 Å². The summed E-state index contributed by atoms with van der Waals surface area (Å²) >= 11 is 0. The first-order valence-corrected chi connectivity index (χ1v) is 10.3. The van der Waals surface area contributed by atoms with Crippen LogP contribution < -0.4 is 4.90 Å². The third-order valence-electron chi connectivity index (χ3n) is 5.67. The Bertz CT molecular complexity index is 863. The van der Waals surface area contributed by atoms with Crippen molar-refractivity contribution in [3.05, 3.63) is 65.7 Å². The zero-order valence-electron chi connectivity index (χ0n) is 16.8. The number of nitrogens with zero attached hydrogens (tertiary/aromatic N) is 2. The summed E-state index contributed by atoms with van der Waals surface area (Å²) in [5.74, 6) is -0.586. The monoisotopic (exact) mass is 410 g/mol. The van der Waals surface area contributed by atoms with Crippen LogP contribution in [-0.4, -0.2) is 61.0 Å². The van der Waals surface area contributed by atoms with Crippen LogP contribution in [0.25, 0.3) is 0 Å². The molecule has 158 valence electrons. The summed E-state index contributed by atoms with van der Waals surface area (Å²) in [7, 11) is 0. The molecule has 2 atom stereocenters. The average Bonchev–Trinajstić information content (AvgIpc) is 3.19. The van der Waals surface area contributed by atoms with Crippen LogP contribution in [0.5, 0.6) is 0 Å². The van der Waals surface area contributed by atoms with Crippen molar-refractivity contribution < 1.29 is 24.2 Å². The Kier molecular flexibility index (Phi) is 6.18. The summed E-state index contributed by atoms with van der Waals surface area (Å²) in [6.07, 6.45) is -0.178. The minimum Gasteiger partial charge on any atom is -0.459 e. The highest BCUT2D eigenvalue weighted by atomic mass is 16.6. The fourth-order valence-electron chi connectivity index (χ4n) is 3.91. The molecule has 7 nitrogen and oxygen atoms in total. The van der Waals surface area contributed by atoms with Crippen molar-refractivity contribution in [3.63, 3.8) is 0 Å². The zero-order valence-corrected chi connectivity index (χ0v) is 16.8. The van der Waals surface area contributed by atoms with E-state index in [1.54, 1.807) is 4.90 Å². The molecule has 7 heteroatoms. The van der Waals surface area contributed by atoms with E-state index in [1.165, 1.54) is 0 Å². The molecular formula is C23H26N2O5. The number of rotatable bonds is 5. The van der Waals surface area contributed by atoms with Gasteiger partial charge in [0.1, 0.15) is 12.7 Å². The van der Waals surface area contributed by atoms with Gasteiger partial charge in [-0.25, -0.2) is 4.79 Å². The Morgan fingerprint density at radius 2 is 1.73 bits per heavy atom. The van der Waals surface area contributed by atoms with E-state index in [0.717, 1.165) is 29.9 Å². The third-order valence-corrected chi connectivity index (χ3v) is 5.67. The molecule has 2 heterocycles. The predicted molar refractivity (Wildman–Crippen MR) is 111 cm³/mol. The molecule has 2 aromatic rings. The van der Waals surface area contributed by atoms with Crippen LogP contribution in [0, 0.1) is 0 Å². The quantitative estimate of drug-likeness (QED) is 0.764. The van der Waals surface area contributed by atoms with Crippen LogP contribution in [0.3, 0.4) is 0 Å². The Morgan fingerprint density at radius 3 is 2.37 bits per heavy atom. The summed E-state index contributed by atoms with van der Waals surface area (Å²) in [5, 5.41) is 9.19. The summed E-state index contributed by atoms with van der Waals surface area (Å²) in [6.45, 7) is 2.78. The van der Waals surface area contributed by atoms with Crippen molar-refractivity contribution >= 4 is 17.7 Å². The maximum atomic E-state index is 12.3. The zero-order chi connectivity index (χ0) is 20.9. The van der Waals surface area contributed by atoms with Crippen LogP contribution in [0.1, 0.15) is 23.5 Å². The highest BCUT2D eigenvalue weighted by molar-refractivity contribution is 5.80. The second-order valence-corrected chi connectivity index (χ2v) is 7.64. The molecule has 1 N–H and O–H groups in total. The van der Waals surface area contributed by atoms with E-state index in [0.29, 0.717) is 19.5 Å². The van der Waals surface area contributed by atoms with Crippen molar-refractivity contribution in [2.24, 2.45) is 0 Å². The van der Waals surface area contributed by atoms with Gasteiger partial charge in [0, 0.05) is 38.3 Å². The molecule has 0 spiro atoms. The van der Waals surface area contributed by atoms with E-state index in [2.05, 4.69) is 4.90 Å². The van der Waals surface area contributed by atoms with E-state index >= 15 is 0 Å². The molecule has 0 radical (unpaired) electrons. The SMILES string of the molecule is O=C1O[C@@H](CO)CC1c1ccc(N2CCN(C(=O)OCc3ccccc3)CC2)cc1. The molecule has 1 unspecified atom stereocenters. The van der Waals surface area contributed by atoms with Crippen molar-refractivity contribution in [1.82, 2.24) is 4.90 Å². The number of esters is 1. The van der Waals surface area contributed by atoms with Crippen molar-refractivity contribution in [2.75, 3.05) is 37.7 Å². The number of carbonyl (C=O) groups excluding carboxylic acids is 2. The first-order valence-electron chi connectivity index (χ1n) is 10.3. The van der Waals surface area contributed by atoms with Gasteiger partial charge in [-0.05, 0) is 23.3 Å². The standard InChI is InChI=1S/C23H26N2O5/c26-15-20-14-21(22(27)30-20)18-6-8-19(9-7-18)24-10-12-25(13-11-24)23(28)29-16-17-4-2-1-3-5-17/h1-9,20-21,26H,10-16H2/t20-,21?/m1/s1. The van der Waals surface area contributed by atoms with Crippen molar-refractivity contribution in [3.8, 4) is 0 Å². The third kappa shape index (κ3) is 4.57. The lowest BCUT2D eigenvalue weighted by atomic mass is 9.95. The van der Waals surface area contributed by atoms with Crippen LogP contribution >= 0.6 is 0 Å². The molecule has 2 fully saturated rings. The number of hydrogen-bond acceptors (Lipinski definition) is 6. The molecule has 2 aliphatic heterocycles. The largest absolute Gasteiger partial charge is 0.459 e. The Morgan fingerprint density at radius 1 is 1.03 bits per heavy atom. The summed E-state index contributed by atoms with van der Waals surface area (Å²) < 4.78 is 10.6. The van der Waals surface area contributed by atoms with Crippen LogP contribution in [-0.2, 0) is 20.9 Å². The van der Waals surface area contributed by atoms with E-state index in [-0.39, 0.29) is 31.2 Å². The molecule has 0 aromatic heterocycles. The smallest absolute Gasteiger partial charge is 0.410 e. The number of benzene rings is 2. The fourth-order valence-corrected chi connectivity index (χ4v) is 3.91. The first kappa shape index (κ1) is 20.2. The molecule has 0 bridgehead atoms. The van der Waals surface area contributed by atoms with Gasteiger partial charge in [-0.2, -0.15) is 0 Å². The van der Waals surface area contributed by atoms with Gasteiger partial charge in [-0.15, -0.1) is 0 Å². The van der Waals surface area contributed by atoms with Crippen LogP contribution in [0.4, 0.5) is 10.5 Å². The highest BCUT2D eigenvalue weighted by Crippen LogP contribution is 2.31. The number of cyclic esters (lactones) is 1. The molecule has 2 aromatic carbocycles. The predicted octanol–water partition coefficient (Wildman–Crippen LogP) is 2.54. The van der Waals surface area contributed by atoms with E-state index in [9.17, 15) is 14.7 Å². The van der Waals surface area contributed by atoms with Gasteiger partial charge in [0.05, 0.1) is 12.5 Å². The molecule has 1 amide bonds. The number of aliphatic hydroxyl groups excluding tert-OH is 1. The van der Waals surface area contributed by atoms with Gasteiger partial charge < -0.3 is 24.4 Å². The highest BCUT2D eigenvalue weighted by Gasteiger charge is 2.35. The Hall–Kier alpha value is -3.06. The summed E-state index contributed by atoms with van der Waals surface area (Å²) in [4.78, 5) is 28.2. The number of amides is 1. The van der Waals surface area contributed by atoms with Gasteiger partial charge in [0.15, 0.2) is 0 Å². The molecule has 4 rings (SSSR count). The van der Waals surface area contributed by atoms with Gasteiger partial charge in [0.25, 0.3) is 0 Å². The van der Waals surface area contributed by atoms with Crippen LogP contribution in [0.15, 0.2) is 54.6 Å². The average molecular weight is 410 g/mol. The lowest BCUT2D eigenvalue weighted by Gasteiger charge is -2.35. The van der Waals surface area contributed by atoms with Gasteiger partial charge in [-0.3, -0.25) is 4.79 Å². The molecule has 0 aliphatic carbocycles. The van der Waals surface area contributed by atoms with Gasteiger partial charge >= 0.3 is 12.1 Å². The number of piperazine rings is 1. The lowest BCUT2D eigenvalue weighted by molar-refractivity contribution is -0.143. The van der Waals surface area contributed by atoms with Crippen LogP contribution in [0.2, 0.25) is 0 Å². The molecule has 30 heavy (non-hydrogen) atoms. The molecule has 0 saturated carbocycles. The Labute approximate surface area is 175 Å². The first-order chi connectivity index (χ1) is 14.6. The molecular weight excluding hydrogens is 384 g/mol. The Balaban J connectivity index is 1.28. The summed E-state index contributed by atoms with van der Waals surface area (Å²) in [6, 6.07) is 17.5. The van der Waals surface area contributed by atoms with Crippen molar-refractivity contribution in [1.29, 1.82) is 0 Å². The lowest BCUT2D eigenvalue weighted by Crippen LogP contribution is -2.48. The number of aliphatic hydroxyl groups is 1. The topological polar surface area (TPSA) is 79.3 Å². The fraction of sp³-hybridized carbons (Fsp3) is 0.391. The second kappa shape index (κ2) is 9.17. The van der Waals surface area contributed by atoms with E-state index in [4.69, 9.17) is 9.47 Å². The van der Waals surface area contributed by atoms with Gasteiger partial charge in [-0.1, -0.05) is 42.5 Å². The normalized spacial score (nSPS) is 21.4. The second-order valence-electron chi connectivity index (χ2n) is 7.64. The maximum absolute atomic E-state index is 12.3. The minimum atomic E-state index is -0.406. The van der Waals surface area contributed by atoms with E-state index in [1.807, 2.05) is 54.6 Å². The number of carbonyl (C=O) groups is 2. The van der Waals surface area contributed by atoms with Crippen molar-refractivity contribution in [2.45, 2.75) is 25.0 Å². The van der Waals surface area contributed by atoms with E-state index < -0.39 is 6.10 Å². The maximum Gasteiger partial charge on any atom is 0.410 e. The minimum absolute atomic E-state index is 0.140. The summed E-state index contributed by atoms with van der Waals surface area (Å²) in [5.41, 5.74) is 2.94. The molecule has 2 saturated heterocycles. The molecule has 2 aliphatic rings.